The maximum atomic E-state index is 8.89. The lowest BCUT2D eigenvalue weighted by molar-refractivity contribution is 0.354. The molecule has 0 amide bonds. The molecule has 0 atom stereocenters. The summed E-state index contributed by atoms with van der Waals surface area (Å²) < 4.78 is 10.6. The first-order chi connectivity index (χ1) is 14.1. The van der Waals surface area contributed by atoms with E-state index in [-0.39, 0.29) is 0 Å². The van der Waals surface area contributed by atoms with Crippen molar-refractivity contribution in [3.05, 3.63) is 65.4 Å². The van der Waals surface area contributed by atoms with Gasteiger partial charge in [-0.3, -0.25) is 0 Å². The van der Waals surface area contributed by atoms with Crippen molar-refractivity contribution in [1.82, 2.24) is 9.97 Å². The molecule has 29 heavy (non-hydrogen) atoms. The van der Waals surface area contributed by atoms with Crippen LogP contribution < -0.4 is 20.1 Å². The average Bonchev–Trinajstić information content (AvgIpc) is 2.73. The molecule has 0 fully saturated rings. The molecule has 2 aromatic carbocycles. The first kappa shape index (κ1) is 20.0. The van der Waals surface area contributed by atoms with Crippen molar-refractivity contribution in [3.63, 3.8) is 0 Å². The largest absolute Gasteiger partial charge is 0.493 e. The molecule has 3 rings (SSSR count). The minimum atomic E-state index is 0.503. The Labute approximate surface area is 170 Å². The SMILES string of the molecule is COc1ccc(CCNc2cc(C)nc(Nc3ccc(C#N)cc3)n2)cc1OC. The summed E-state index contributed by atoms with van der Waals surface area (Å²) in [4.78, 5) is 8.94. The molecular weight excluding hydrogens is 366 g/mol. The van der Waals surface area contributed by atoms with Crippen LogP contribution in [-0.2, 0) is 6.42 Å². The topological polar surface area (TPSA) is 92.1 Å². The van der Waals surface area contributed by atoms with Crippen LogP contribution in [-0.4, -0.2) is 30.7 Å². The summed E-state index contributed by atoms with van der Waals surface area (Å²) >= 11 is 0. The lowest BCUT2D eigenvalue weighted by Gasteiger charge is -2.11. The number of hydrogen-bond donors (Lipinski definition) is 2. The van der Waals surface area contributed by atoms with E-state index in [4.69, 9.17) is 14.7 Å². The first-order valence-corrected chi connectivity index (χ1v) is 9.19. The maximum Gasteiger partial charge on any atom is 0.229 e. The van der Waals surface area contributed by atoms with Gasteiger partial charge in [-0.15, -0.1) is 0 Å². The van der Waals surface area contributed by atoms with E-state index in [9.17, 15) is 0 Å². The summed E-state index contributed by atoms with van der Waals surface area (Å²) in [6.45, 7) is 2.63. The smallest absolute Gasteiger partial charge is 0.229 e. The van der Waals surface area contributed by atoms with Crippen molar-refractivity contribution in [1.29, 1.82) is 5.26 Å². The van der Waals surface area contributed by atoms with E-state index in [1.165, 1.54) is 0 Å². The van der Waals surface area contributed by atoms with Gasteiger partial charge in [0.15, 0.2) is 11.5 Å². The molecule has 2 N–H and O–H groups in total. The monoisotopic (exact) mass is 389 g/mol. The van der Waals surface area contributed by atoms with Gasteiger partial charge in [0.1, 0.15) is 5.82 Å². The van der Waals surface area contributed by atoms with Gasteiger partial charge >= 0.3 is 0 Å². The van der Waals surface area contributed by atoms with Gasteiger partial charge in [-0.1, -0.05) is 6.07 Å². The predicted molar refractivity (Wildman–Crippen MR) is 113 cm³/mol. The number of methoxy groups -OCH3 is 2. The van der Waals surface area contributed by atoms with E-state index in [0.29, 0.717) is 23.8 Å². The number of benzene rings is 2. The van der Waals surface area contributed by atoms with E-state index in [2.05, 4.69) is 26.7 Å². The fourth-order valence-corrected chi connectivity index (χ4v) is 2.84. The number of hydrogen-bond acceptors (Lipinski definition) is 7. The summed E-state index contributed by atoms with van der Waals surface area (Å²) in [7, 11) is 3.26. The Balaban J connectivity index is 1.63. The van der Waals surface area contributed by atoms with Gasteiger partial charge in [0.25, 0.3) is 0 Å². The Kier molecular flexibility index (Phi) is 6.48. The summed E-state index contributed by atoms with van der Waals surface area (Å²) in [5.41, 5.74) is 3.42. The summed E-state index contributed by atoms with van der Waals surface area (Å²) in [6, 6.07) is 17.1. The van der Waals surface area contributed by atoms with E-state index in [1.807, 2.05) is 43.3 Å². The molecule has 3 aromatic rings. The van der Waals surface area contributed by atoms with Crippen LogP contribution in [0.3, 0.4) is 0 Å². The fraction of sp³-hybridized carbons (Fsp3) is 0.227. The molecular formula is C22H23N5O2. The number of aromatic nitrogens is 2. The molecule has 0 aliphatic rings. The third-order valence-electron chi connectivity index (χ3n) is 4.29. The zero-order valence-electron chi connectivity index (χ0n) is 16.7. The van der Waals surface area contributed by atoms with E-state index in [1.54, 1.807) is 26.4 Å². The Morgan fingerprint density at radius 1 is 0.966 bits per heavy atom. The molecule has 0 aliphatic heterocycles. The normalized spacial score (nSPS) is 10.1. The Morgan fingerprint density at radius 3 is 2.41 bits per heavy atom. The van der Waals surface area contributed by atoms with Crippen LogP contribution in [0.25, 0.3) is 0 Å². The molecule has 0 radical (unpaired) electrons. The maximum absolute atomic E-state index is 8.89. The number of aryl methyl sites for hydroxylation is 1. The van der Waals surface area contributed by atoms with Gasteiger partial charge in [0.05, 0.1) is 25.9 Å². The van der Waals surface area contributed by atoms with E-state index < -0.39 is 0 Å². The minimum absolute atomic E-state index is 0.503. The molecule has 148 valence electrons. The fourth-order valence-electron chi connectivity index (χ4n) is 2.84. The van der Waals surface area contributed by atoms with Crippen LogP contribution in [0.5, 0.6) is 11.5 Å². The third kappa shape index (κ3) is 5.36. The number of nitrogens with one attached hydrogen (secondary N) is 2. The highest BCUT2D eigenvalue weighted by atomic mass is 16.5. The molecule has 0 unspecified atom stereocenters. The molecule has 7 nitrogen and oxygen atoms in total. The highest BCUT2D eigenvalue weighted by Gasteiger charge is 2.06. The van der Waals surface area contributed by atoms with Gasteiger partial charge < -0.3 is 20.1 Å². The molecule has 0 saturated heterocycles. The van der Waals surface area contributed by atoms with Crippen LogP contribution in [0.15, 0.2) is 48.5 Å². The standard InChI is InChI=1S/C22H23N5O2/c1-15-12-21(24-11-10-16-6-9-19(28-2)20(13-16)29-3)27-22(25-15)26-18-7-4-17(14-23)5-8-18/h4-9,12-13H,10-11H2,1-3H3,(H2,24,25,26,27). The number of rotatable bonds is 8. The van der Waals surface area contributed by atoms with Crippen LogP contribution in [0.2, 0.25) is 0 Å². The van der Waals surface area contributed by atoms with Crippen LogP contribution in [0.4, 0.5) is 17.5 Å². The zero-order valence-corrected chi connectivity index (χ0v) is 16.7. The van der Waals surface area contributed by atoms with Gasteiger partial charge in [0, 0.05) is 24.0 Å². The lowest BCUT2D eigenvalue weighted by Crippen LogP contribution is -2.09. The van der Waals surface area contributed by atoms with E-state index in [0.717, 1.165) is 34.9 Å². The second-order valence-corrected chi connectivity index (χ2v) is 6.40. The highest BCUT2D eigenvalue weighted by Crippen LogP contribution is 2.27. The number of nitrogens with zero attached hydrogens (tertiary/aromatic N) is 3. The van der Waals surface area contributed by atoms with Crippen molar-refractivity contribution >= 4 is 17.5 Å². The highest BCUT2D eigenvalue weighted by molar-refractivity contribution is 5.56. The van der Waals surface area contributed by atoms with Crippen LogP contribution in [0.1, 0.15) is 16.8 Å². The Morgan fingerprint density at radius 2 is 1.72 bits per heavy atom. The first-order valence-electron chi connectivity index (χ1n) is 9.19. The molecule has 0 aliphatic carbocycles. The second-order valence-electron chi connectivity index (χ2n) is 6.40. The number of nitriles is 1. The van der Waals surface area contributed by atoms with Crippen LogP contribution in [0, 0.1) is 18.3 Å². The summed E-state index contributed by atoms with van der Waals surface area (Å²) in [5.74, 6) is 2.68. The van der Waals surface area contributed by atoms with Crippen molar-refractivity contribution in [3.8, 4) is 17.6 Å². The molecule has 0 saturated carbocycles. The molecule has 1 aromatic heterocycles. The average molecular weight is 389 g/mol. The third-order valence-corrected chi connectivity index (χ3v) is 4.29. The molecule has 0 bridgehead atoms. The van der Waals surface area contributed by atoms with Crippen molar-refractivity contribution < 1.29 is 9.47 Å². The summed E-state index contributed by atoms with van der Waals surface area (Å²) in [5, 5.41) is 15.4. The van der Waals surface area contributed by atoms with Gasteiger partial charge in [-0.05, 0) is 55.3 Å². The minimum Gasteiger partial charge on any atom is -0.493 e. The van der Waals surface area contributed by atoms with Crippen molar-refractivity contribution in [2.24, 2.45) is 0 Å². The van der Waals surface area contributed by atoms with Crippen molar-refractivity contribution in [2.45, 2.75) is 13.3 Å². The zero-order chi connectivity index (χ0) is 20.6. The second kappa shape index (κ2) is 9.42. The molecule has 7 heteroatoms. The Bertz CT molecular complexity index is 1010. The lowest BCUT2D eigenvalue weighted by atomic mass is 10.1. The van der Waals surface area contributed by atoms with Crippen molar-refractivity contribution in [2.75, 3.05) is 31.4 Å². The number of anilines is 3. The Hall–Kier alpha value is -3.79. The molecule has 0 spiro atoms. The van der Waals surface area contributed by atoms with Gasteiger partial charge in [-0.25, -0.2) is 4.98 Å². The van der Waals surface area contributed by atoms with E-state index >= 15 is 0 Å². The van der Waals surface area contributed by atoms with Crippen LogP contribution >= 0.6 is 0 Å². The van der Waals surface area contributed by atoms with Gasteiger partial charge in [-0.2, -0.15) is 10.2 Å². The number of ether oxygens (including phenoxy) is 2. The van der Waals surface area contributed by atoms with Gasteiger partial charge in [0.2, 0.25) is 5.95 Å². The molecule has 1 heterocycles. The quantitative estimate of drug-likeness (QED) is 0.600. The predicted octanol–water partition coefficient (Wildman–Crippen LogP) is 4.07. The summed E-state index contributed by atoms with van der Waals surface area (Å²) in [6.07, 6.45) is 0.807.